The normalized spacial score (nSPS) is 10.4. The Balaban J connectivity index is 2.64. The lowest BCUT2D eigenvalue weighted by Crippen LogP contribution is -2.09. The summed E-state index contributed by atoms with van der Waals surface area (Å²) in [6.07, 6.45) is 1.54. The third-order valence-electron chi connectivity index (χ3n) is 1.97. The molecule has 0 aliphatic rings. The fraction of sp³-hybridized carbons (Fsp3) is 0. The van der Waals surface area contributed by atoms with E-state index in [4.69, 9.17) is 17.5 Å². The van der Waals surface area contributed by atoms with Crippen LogP contribution in [0, 0.1) is 0 Å². The van der Waals surface area contributed by atoms with Crippen LogP contribution in [0.1, 0.15) is 10.4 Å². The van der Waals surface area contributed by atoms with Crippen molar-refractivity contribution < 1.29 is 9.63 Å². The van der Waals surface area contributed by atoms with Crippen LogP contribution >= 0.6 is 11.6 Å². The molecule has 5 heteroatoms. The minimum absolute atomic E-state index is 0.402. The standard InChI is InChI=1S/C9H7ClN2O2/c10-5-1-2-6-7(9(13)14-11)4-12-8(6)3-5/h1-4,12H,11H2. The molecule has 1 heterocycles. The van der Waals surface area contributed by atoms with Gasteiger partial charge in [0.05, 0.1) is 5.56 Å². The van der Waals surface area contributed by atoms with Crippen molar-refractivity contribution in [2.24, 2.45) is 5.90 Å². The minimum atomic E-state index is -0.571. The van der Waals surface area contributed by atoms with Crippen molar-refractivity contribution in [1.29, 1.82) is 0 Å². The second kappa shape index (κ2) is 3.32. The summed E-state index contributed by atoms with van der Waals surface area (Å²) >= 11 is 5.78. The molecular weight excluding hydrogens is 204 g/mol. The molecule has 0 aliphatic carbocycles. The number of aromatic nitrogens is 1. The number of fused-ring (bicyclic) bond motifs is 1. The van der Waals surface area contributed by atoms with Gasteiger partial charge in [-0.1, -0.05) is 17.7 Å². The summed E-state index contributed by atoms with van der Waals surface area (Å²) in [7, 11) is 0. The van der Waals surface area contributed by atoms with E-state index in [0.29, 0.717) is 10.6 Å². The summed E-state index contributed by atoms with van der Waals surface area (Å²) < 4.78 is 0. The van der Waals surface area contributed by atoms with E-state index in [1.807, 2.05) is 0 Å². The first kappa shape index (κ1) is 9.05. The number of nitrogens with one attached hydrogen (secondary N) is 1. The zero-order valence-corrected chi connectivity index (χ0v) is 7.84. The first-order valence-electron chi connectivity index (χ1n) is 3.90. The van der Waals surface area contributed by atoms with Crippen molar-refractivity contribution in [3.8, 4) is 0 Å². The Morgan fingerprint density at radius 3 is 3.00 bits per heavy atom. The molecule has 3 N–H and O–H groups in total. The largest absolute Gasteiger partial charge is 0.370 e. The Kier molecular flexibility index (Phi) is 2.15. The van der Waals surface area contributed by atoms with Crippen molar-refractivity contribution in [2.45, 2.75) is 0 Å². The van der Waals surface area contributed by atoms with E-state index in [-0.39, 0.29) is 0 Å². The SMILES string of the molecule is NOC(=O)c1c[nH]c2cc(Cl)ccc12. The number of hydrogen-bond donors (Lipinski definition) is 2. The number of hydrogen-bond acceptors (Lipinski definition) is 3. The maximum Gasteiger partial charge on any atom is 0.358 e. The fourth-order valence-electron chi connectivity index (χ4n) is 1.33. The Labute approximate surface area is 84.6 Å². The van der Waals surface area contributed by atoms with Crippen molar-refractivity contribution in [2.75, 3.05) is 0 Å². The Morgan fingerprint density at radius 1 is 1.50 bits per heavy atom. The number of carbonyl (C=O) groups is 1. The van der Waals surface area contributed by atoms with Crippen molar-refractivity contribution in [3.63, 3.8) is 0 Å². The van der Waals surface area contributed by atoms with Crippen LogP contribution in [-0.2, 0) is 4.84 Å². The van der Waals surface area contributed by atoms with Crippen LogP contribution in [0.3, 0.4) is 0 Å². The van der Waals surface area contributed by atoms with Gasteiger partial charge in [-0.25, -0.2) is 4.79 Å². The van der Waals surface area contributed by atoms with E-state index in [1.54, 1.807) is 18.2 Å². The number of aromatic amines is 1. The van der Waals surface area contributed by atoms with Gasteiger partial charge in [0.2, 0.25) is 0 Å². The molecule has 1 aromatic carbocycles. The van der Waals surface area contributed by atoms with E-state index >= 15 is 0 Å². The molecular formula is C9H7ClN2O2. The average Bonchev–Trinajstić information content (AvgIpc) is 2.59. The molecule has 0 saturated carbocycles. The number of benzene rings is 1. The van der Waals surface area contributed by atoms with Crippen molar-refractivity contribution >= 4 is 28.5 Å². The molecule has 0 saturated heterocycles. The van der Waals surface area contributed by atoms with Gasteiger partial charge in [-0.2, -0.15) is 5.90 Å². The highest BCUT2D eigenvalue weighted by molar-refractivity contribution is 6.31. The highest BCUT2D eigenvalue weighted by atomic mass is 35.5. The van der Waals surface area contributed by atoms with Gasteiger partial charge in [0.25, 0.3) is 0 Å². The molecule has 0 atom stereocenters. The van der Waals surface area contributed by atoms with Crippen LogP contribution in [0.5, 0.6) is 0 Å². The van der Waals surface area contributed by atoms with Crippen molar-refractivity contribution in [3.05, 3.63) is 35.0 Å². The molecule has 4 nitrogen and oxygen atoms in total. The number of rotatable bonds is 1. The second-order valence-electron chi connectivity index (χ2n) is 2.80. The smallest absolute Gasteiger partial charge is 0.358 e. The van der Waals surface area contributed by atoms with Crippen molar-refractivity contribution in [1.82, 2.24) is 4.98 Å². The summed E-state index contributed by atoms with van der Waals surface area (Å²) in [6, 6.07) is 5.16. The molecule has 0 aliphatic heterocycles. The lowest BCUT2D eigenvalue weighted by molar-refractivity contribution is 0.0506. The maximum atomic E-state index is 11.2. The number of carbonyl (C=O) groups excluding carboxylic acids is 1. The third kappa shape index (κ3) is 1.34. The average molecular weight is 211 g/mol. The maximum absolute atomic E-state index is 11.2. The number of H-pyrrole nitrogens is 1. The lowest BCUT2D eigenvalue weighted by Gasteiger charge is -1.95. The number of nitrogens with two attached hydrogens (primary N) is 1. The predicted molar refractivity (Wildman–Crippen MR) is 52.9 cm³/mol. The van der Waals surface area contributed by atoms with Crippen LogP contribution in [-0.4, -0.2) is 11.0 Å². The van der Waals surface area contributed by atoms with Crippen LogP contribution < -0.4 is 5.90 Å². The van der Waals surface area contributed by atoms with Crippen LogP contribution in [0.25, 0.3) is 10.9 Å². The van der Waals surface area contributed by atoms with Crippen LogP contribution in [0.4, 0.5) is 0 Å². The molecule has 0 spiro atoms. The van der Waals surface area contributed by atoms with E-state index in [9.17, 15) is 4.79 Å². The molecule has 72 valence electrons. The van der Waals surface area contributed by atoms with Gasteiger partial charge in [-0.15, -0.1) is 0 Å². The fourth-order valence-corrected chi connectivity index (χ4v) is 1.50. The highest BCUT2D eigenvalue weighted by Gasteiger charge is 2.12. The highest BCUT2D eigenvalue weighted by Crippen LogP contribution is 2.22. The molecule has 0 bridgehead atoms. The van der Waals surface area contributed by atoms with Crippen LogP contribution in [0.15, 0.2) is 24.4 Å². The molecule has 0 unspecified atom stereocenters. The quantitative estimate of drug-likeness (QED) is 0.706. The number of halogens is 1. The topological polar surface area (TPSA) is 68.1 Å². The van der Waals surface area contributed by atoms with Gasteiger partial charge in [-0.05, 0) is 12.1 Å². The summed E-state index contributed by atoms with van der Waals surface area (Å²) in [5.74, 6) is 4.22. The minimum Gasteiger partial charge on any atom is -0.370 e. The Morgan fingerprint density at radius 2 is 2.29 bits per heavy atom. The second-order valence-corrected chi connectivity index (χ2v) is 3.23. The zero-order chi connectivity index (χ0) is 10.1. The molecule has 1 aromatic heterocycles. The van der Waals surface area contributed by atoms with E-state index in [0.717, 1.165) is 10.9 Å². The first-order valence-corrected chi connectivity index (χ1v) is 4.28. The summed E-state index contributed by atoms with van der Waals surface area (Å²) in [6.45, 7) is 0. The Hall–Kier alpha value is -1.52. The van der Waals surface area contributed by atoms with E-state index in [1.165, 1.54) is 6.20 Å². The molecule has 14 heavy (non-hydrogen) atoms. The van der Waals surface area contributed by atoms with Gasteiger partial charge in [0.15, 0.2) is 0 Å². The first-order chi connectivity index (χ1) is 6.72. The van der Waals surface area contributed by atoms with Gasteiger partial charge in [-0.3, -0.25) is 0 Å². The third-order valence-corrected chi connectivity index (χ3v) is 2.21. The monoisotopic (exact) mass is 210 g/mol. The lowest BCUT2D eigenvalue weighted by atomic mass is 10.2. The van der Waals surface area contributed by atoms with Gasteiger partial charge in [0.1, 0.15) is 0 Å². The van der Waals surface area contributed by atoms with Gasteiger partial charge < -0.3 is 9.82 Å². The van der Waals surface area contributed by atoms with Crippen LogP contribution in [0.2, 0.25) is 5.02 Å². The molecule has 0 radical (unpaired) electrons. The molecule has 0 amide bonds. The van der Waals surface area contributed by atoms with E-state index < -0.39 is 5.97 Å². The summed E-state index contributed by atoms with van der Waals surface area (Å²) in [4.78, 5) is 18.2. The predicted octanol–water partition coefficient (Wildman–Crippen LogP) is 1.85. The Bertz CT molecular complexity index is 493. The van der Waals surface area contributed by atoms with Gasteiger partial charge >= 0.3 is 5.97 Å². The molecule has 2 aromatic rings. The van der Waals surface area contributed by atoms with E-state index in [2.05, 4.69) is 9.82 Å². The summed E-state index contributed by atoms with van der Waals surface area (Å²) in [5, 5.41) is 1.34. The van der Waals surface area contributed by atoms with Gasteiger partial charge in [0, 0.05) is 22.1 Å². The molecule has 0 fully saturated rings. The molecule has 2 rings (SSSR count). The summed E-state index contributed by atoms with van der Waals surface area (Å²) in [5.41, 5.74) is 1.18. The zero-order valence-electron chi connectivity index (χ0n) is 7.08.